The van der Waals surface area contributed by atoms with E-state index >= 15 is 0 Å². The van der Waals surface area contributed by atoms with Gasteiger partial charge in [0, 0.05) is 12.5 Å². The third-order valence-electron chi connectivity index (χ3n) is 3.37. The highest BCUT2D eigenvalue weighted by Gasteiger charge is 2.56. The van der Waals surface area contributed by atoms with Gasteiger partial charge in [-0.25, -0.2) is 4.98 Å². The monoisotopic (exact) mass is 354 g/mol. The fourth-order valence-corrected chi connectivity index (χ4v) is 3.49. The van der Waals surface area contributed by atoms with Crippen LogP contribution in [0.5, 0.6) is 0 Å². The minimum atomic E-state index is -0.979. The van der Waals surface area contributed by atoms with E-state index in [4.69, 9.17) is 23.2 Å². The Labute approximate surface area is 141 Å². The zero-order chi connectivity index (χ0) is 15.9. The Morgan fingerprint density at radius 2 is 1.95 bits per heavy atom. The summed E-state index contributed by atoms with van der Waals surface area (Å²) in [5.41, 5.74) is 1.41. The minimum absolute atomic E-state index is 0.0905. The SMILES string of the molecule is CC(=O)c1sc(NC(=O)[C@@H]2CC2(Cl)Cl)nc1-c1ccccc1. The highest BCUT2D eigenvalue weighted by atomic mass is 35.5. The quantitative estimate of drug-likeness (QED) is 0.662. The number of thiazole rings is 1. The molecule has 1 heterocycles. The van der Waals surface area contributed by atoms with E-state index in [1.807, 2.05) is 30.3 Å². The largest absolute Gasteiger partial charge is 0.302 e. The van der Waals surface area contributed by atoms with E-state index in [0.29, 0.717) is 22.1 Å². The summed E-state index contributed by atoms with van der Waals surface area (Å²) < 4.78 is -0.979. The van der Waals surface area contributed by atoms with E-state index in [2.05, 4.69) is 10.3 Å². The van der Waals surface area contributed by atoms with Gasteiger partial charge in [0.05, 0.1) is 16.5 Å². The summed E-state index contributed by atoms with van der Waals surface area (Å²) in [4.78, 5) is 28.7. The summed E-state index contributed by atoms with van der Waals surface area (Å²) in [6.45, 7) is 1.48. The number of carbonyl (C=O) groups excluding carboxylic acids is 2. The summed E-state index contributed by atoms with van der Waals surface area (Å²) in [5.74, 6) is -0.790. The lowest BCUT2D eigenvalue weighted by Crippen LogP contribution is -2.16. The van der Waals surface area contributed by atoms with E-state index in [9.17, 15) is 9.59 Å². The number of aromatic nitrogens is 1. The Hall–Kier alpha value is -1.43. The number of hydrogen-bond donors (Lipinski definition) is 1. The van der Waals surface area contributed by atoms with Gasteiger partial charge >= 0.3 is 0 Å². The molecule has 1 atom stereocenters. The molecule has 0 unspecified atom stereocenters. The molecule has 1 aromatic carbocycles. The molecule has 2 aromatic rings. The van der Waals surface area contributed by atoms with Gasteiger partial charge in [-0.3, -0.25) is 9.59 Å². The van der Waals surface area contributed by atoms with Crippen LogP contribution >= 0.6 is 34.5 Å². The number of Topliss-reactive ketones (excluding diaryl/α,β-unsaturated/α-hetero) is 1. The summed E-state index contributed by atoms with van der Waals surface area (Å²) in [6, 6.07) is 9.37. The molecule has 3 rings (SSSR count). The van der Waals surface area contributed by atoms with Gasteiger partial charge in [0.1, 0.15) is 4.33 Å². The van der Waals surface area contributed by atoms with Crippen molar-refractivity contribution in [3.63, 3.8) is 0 Å². The van der Waals surface area contributed by atoms with Crippen molar-refractivity contribution in [1.29, 1.82) is 0 Å². The molecule has 0 aliphatic heterocycles. The molecule has 114 valence electrons. The number of rotatable bonds is 4. The molecule has 0 spiro atoms. The number of nitrogens with one attached hydrogen (secondary N) is 1. The Morgan fingerprint density at radius 3 is 2.50 bits per heavy atom. The first kappa shape index (κ1) is 15.5. The lowest BCUT2D eigenvalue weighted by Gasteiger charge is -2.00. The van der Waals surface area contributed by atoms with Crippen molar-refractivity contribution in [3.8, 4) is 11.3 Å². The first-order valence-corrected chi connectivity index (χ1v) is 8.21. The van der Waals surface area contributed by atoms with Gasteiger partial charge in [-0.2, -0.15) is 0 Å². The van der Waals surface area contributed by atoms with Crippen molar-refractivity contribution in [2.45, 2.75) is 17.7 Å². The molecule has 1 saturated carbocycles. The van der Waals surface area contributed by atoms with Crippen molar-refractivity contribution in [2.75, 3.05) is 5.32 Å². The molecular weight excluding hydrogens is 343 g/mol. The lowest BCUT2D eigenvalue weighted by atomic mass is 10.1. The van der Waals surface area contributed by atoms with Gasteiger partial charge in [0.25, 0.3) is 0 Å². The molecule has 4 nitrogen and oxygen atoms in total. The summed E-state index contributed by atoms with van der Waals surface area (Å²) >= 11 is 12.9. The Bertz CT molecular complexity index is 743. The Kier molecular flexibility index (Phi) is 3.97. The average Bonchev–Trinajstić information content (AvgIpc) is 2.93. The molecule has 22 heavy (non-hydrogen) atoms. The number of alkyl halides is 2. The van der Waals surface area contributed by atoms with Crippen LogP contribution in [0.4, 0.5) is 5.13 Å². The summed E-state index contributed by atoms with van der Waals surface area (Å²) in [7, 11) is 0. The molecule has 7 heteroatoms. The summed E-state index contributed by atoms with van der Waals surface area (Å²) in [5, 5.41) is 3.07. The second-order valence-corrected chi connectivity index (χ2v) is 7.67. The number of anilines is 1. The average molecular weight is 355 g/mol. The molecule has 1 amide bonds. The number of halogens is 2. The first-order valence-electron chi connectivity index (χ1n) is 6.64. The Morgan fingerprint density at radius 1 is 1.32 bits per heavy atom. The first-order chi connectivity index (χ1) is 10.4. The van der Waals surface area contributed by atoms with E-state index in [-0.39, 0.29) is 11.7 Å². The van der Waals surface area contributed by atoms with E-state index in [1.54, 1.807) is 0 Å². The molecule has 1 aromatic heterocycles. The van der Waals surface area contributed by atoms with Crippen molar-refractivity contribution in [1.82, 2.24) is 4.98 Å². The van der Waals surface area contributed by atoms with Crippen LogP contribution in [0.25, 0.3) is 11.3 Å². The number of ketones is 1. The van der Waals surface area contributed by atoms with Crippen LogP contribution in [0.2, 0.25) is 0 Å². The summed E-state index contributed by atoms with van der Waals surface area (Å²) in [6.07, 6.45) is 0.429. The van der Waals surface area contributed by atoms with Gasteiger partial charge in [-0.15, -0.1) is 23.2 Å². The van der Waals surface area contributed by atoms with E-state index in [0.717, 1.165) is 16.9 Å². The van der Waals surface area contributed by atoms with Crippen LogP contribution in [0.3, 0.4) is 0 Å². The maximum atomic E-state index is 12.0. The second-order valence-electron chi connectivity index (χ2n) is 5.13. The van der Waals surface area contributed by atoms with Gasteiger partial charge in [-0.1, -0.05) is 41.7 Å². The van der Waals surface area contributed by atoms with Crippen LogP contribution < -0.4 is 5.32 Å². The molecule has 0 bridgehead atoms. The molecule has 0 saturated heterocycles. The van der Waals surface area contributed by atoms with Crippen LogP contribution in [0.1, 0.15) is 23.0 Å². The highest BCUT2D eigenvalue weighted by molar-refractivity contribution is 7.18. The fraction of sp³-hybridized carbons (Fsp3) is 0.267. The van der Waals surface area contributed by atoms with E-state index in [1.165, 1.54) is 6.92 Å². The maximum Gasteiger partial charge on any atom is 0.232 e. The van der Waals surface area contributed by atoms with E-state index < -0.39 is 10.3 Å². The van der Waals surface area contributed by atoms with Crippen molar-refractivity contribution in [3.05, 3.63) is 35.2 Å². The molecule has 1 aliphatic rings. The molecule has 1 N–H and O–H groups in total. The number of hydrogen-bond acceptors (Lipinski definition) is 4. The number of nitrogens with zero attached hydrogens (tertiary/aromatic N) is 1. The zero-order valence-corrected chi connectivity index (χ0v) is 13.9. The van der Waals surface area contributed by atoms with Crippen LogP contribution in [-0.2, 0) is 4.79 Å². The van der Waals surface area contributed by atoms with Crippen molar-refractivity contribution in [2.24, 2.45) is 5.92 Å². The molecular formula is C15H12Cl2N2O2S. The molecule has 0 radical (unpaired) electrons. The number of carbonyl (C=O) groups is 2. The third-order valence-corrected chi connectivity index (χ3v) is 5.27. The highest BCUT2D eigenvalue weighted by Crippen LogP contribution is 2.53. The van der Waals surface area contributed by atoms with Crippen LogP contribution in [0, 0.1) is 5.92 Å². The van der Waals surface area contributed by atoms with Gasteiger partial charge in [-0.05, 0) is 6.42 Å². The van der Waals surface area contributed by atoms with Gasteiger partial charge in [0.15, 0.2) is 10.9 Å². The number of benzene rings is 1. The number of amides is 1. The van der Waals surface area contributed by atoms with Gasteiger partial charge in [0.2, 0.25) is 5.91 Å². The fourth-order valence-electron chi connectivity index (χ4n) is 2.09. The molecule has 1 fully saturated rings. The molecule has 1 aliphatic carbocycles. The second kappa shape index (κ2) is 5.65. The Balaban J connectivity index is 1.88. The minimum Gasteiger partial charge on any atom is -0.302 e. The topological polar surface area (TPSA) is 59.1 Å². The maximum absolute atomic E-state index is 12.0. The lowest BCUT2D eigenvalue weighted by molar-refractivity contribution is -0.117. The predicted octanol–water partition coefficient (Wildman–Crippen LogP) is 4.15. The normalized spacial score (nSPS) is 18.8. The van der Waals surface area contributed by atoms with Crippen LogP contribution in [0.15, 0.2) is 30.3 Å². The van der Waals surface area contributed by atoms with Gasteiger partial charge < -0.3 is 5.32 Å². The zero-order valence-electron chi connectivity index (χ0n) is 11.6. The van der Waals surface area contributed by atoms with Crippen molar-refractivity contribution >= 4 is 51.4 Å². The standard InChI is InChI=1S/C15H12Cl2N2O2S/c1-8(20)12-11(9-5-3-2-4-6-9)18-14(22-12)19-13(21)10-7-15(10,16)17/h2-6,10H,7H2,1H3,(H,18,19,21)/t10-/m0/s1. The van der Waals surface area contributed by atoms with Crippen LogP contribution in [-0.4, -0.2) is 21.0 Å². The smallest absolute Gasteiger partial charge is 0.232 e. The van der Waals surface area contributed by atoms with Crippen molar-refractivity contribution < 1.29 is 9.59 Å². The predicted molar refractivity (Wildman–Crippen MR) is 88.7 cm³/mol. The third kappa shape index (κ3) is 3.02.